The Labute approximate surface area is 110 Å². The lowest BCUT2D eigenvalue weighted by molar-refractivity contribution is 0.566. The van der Waals surface area contributed by atoms with Gasteiger partial charge in [0, 0.05) is 0 Å². The topological polar surface area (TPSA) is 60.2 Å². The zero-order valence-corrected chi connectivity index (χ0v) is 12.3. The molecule has 1 atom stereocenters. The molecule has 1 aromatic carbocycles. The number of aryl methyl sites for hydroxylation is 2. The minimum absolute atomic E-state index is 0.119. The van der Waals surface area contributed by atoms with Crippen molar-refractivity contribution >= 4 is 9.84 Å². The van der Waals surface area contributed by atoms with Crippen LogP contribution in [0.4, 0.5) is 0 Å². The molecule has 0 aliphatic rings. The Hall–Kier alpha value is -0.870. The van der Waals surface area contributed by atoms with Gasteiger partial charge in [0.05, 0.1) is 11.0 Å². The van der Waals surface area contributed by atoms with Crippen LogP contribution in [0.2, 0.25) is 0 Å². The number of hydrogen-bond donors (Lipinski definition) is 1. The van der Waals surface area contributed by atoms with E-state index < -0.39 is 9.84 Å². The van der Waals surface area contributed by atoms with Gasteiger partial charge < -0.3 is 5.73 Å². The van der Waals surface area contributed by atoms with E-state index >= 15 is 0 Å². The van der Waals surface area contributed by atoms with Crippen LogP contribution in [-0.4, -0.2) is 20.2 Å². The first kappa shape index (κ1) is 15.2. The monoisotopic (exact) mass is 269 g/mol. The normalized spacial score (nSPS) is 13.6. The van der Waals surface area contributed by atoms with Crippen molar-refractivity contribution in [1.29, 1.82) is 0 Å². The zero-order valence-electron chi connectivity index (χ0n) is 11.4. The summed E-state index contributed by atoms with van der Waals surface area (Å²) in [6, 6.07) is 5.94. The quantitative estimate of drug-likeness (QED) is 0.862. The molecule has 102 valence electrons. The van der Waals surface area contributed by atoms with E-state index in [4.69, 9.17) is 5.73 Å². The summed E-state index contributed by atoms with van der Waals surface area (Å²) in [7, 11) is -3.10. The fourth-order valence-corrected chi connectivity index (χ4v) is 4.20. The second-order valence-corrected chi connectivity index (χ2v) is 7.19. The SMILES string of the molecule is CCC(CCN)S(=O)(=O)Cc1cc(C)cc(C)c1. The van der Waals surface area contributed by atoms with Gasteiger partial charge in [-0.1, -0.05) is 36.2 Å². The largest absolute Gasteiger partial charge is 0.330 e. The summed E-state index contributed by atoms with van der Waals surface area (Å²) in [5, 5.41) is -0.316. The van der Waals surface area contributed by atoms with Crippen molar-refractivity contribution < 1.29 is 8.42 Å². The summed E-state index contributed by atoms with van der Waals surface area (Å²) in [4.78, 5) is 0. The second kappa shape index (κ2) is 6.34. The summed E-state index contributed by atoms with van der Waals surface area (Å²) in [5.74, 6) is 0.119. The van der Waals surface area contributed by atoms with Gasteiger partial charge in [-0.2, -0.15) is 0 Å². The van der Waals surface area contributed by atoms with Crippen LogP contribution in [0.1, 0.15) is 36.5 Å². The molecule has 0 aromatic heterocycles. The average Bonchev–Trinajstić information content (AvgIpc) is 2.23. The Bertz CT molecular complexity index is 474. The smallest absolute Gasteiger partial charge is 0.157 e. The number of nitrogens with two attached hydrogens (primary N) is 1. The molecule has 0 heterocycles. The molecular weight excluding hydrogens is 246 g/mol. The first-order valence-electron chi connectivity index (χ1n) is 6.38. The molecule has 0 spiro atoms. The molecule has 0 radical (unpaired) electrons. The van der Waals surface area contributed by atoms with Crippen LogP contribution in [0, 0.1) is 13.8 Å². The number of rotatable bonds is 6. The van der Waals surface area contributed by atoms with Crippen LogP contribution in [0.3, 0.4) is 0 Å². The number of benzene rings is 1. The lowest BCUT2D eigenvalue weighted by Crippen LogP contribution is -2.25. The molecule has 0 aliphatic heterocycles. The molecule has 18 heavy (non-hydrogen) atoms. The van der Waals surface area contributed by atoms with Gasteiger partial charge in [0.25, 0.3) is 0 Å². The maximum atomic E-state index is 12.3. The molecule has 1 aromatic rings. The van der Waals surface area contributed by atoms with Crippen LogP contribution in [0.15, 0.2) is 18.2 Å². The predicted octanol–water partition coefficient (Wildman–Crippen LogP) is 2.35. The van der Waals surface area contributed by atoms with Crippen molar-refractivity contribution in [2.75, 3.05) is 6.54 Å². The summed E-state index contributed by atoms with van der Waals surface area (Å²) in [5.41, 5.74) is 8.56. The van der Waals surface area contributed by atoms with Crippen LogP contribution in [0.5, 0.6) is 0 Å². The van der Waals surface area contributed by atoms with Gasteiger partial charge in [0.2, 0.25) is 0 Å². The van der Waals surface area contributed by atoms with E-state index in [1.54, 1.807) is 0 Å². The molecule has 3 nitrogen and oxygen atoms in total. The molecule has 0 saturated heterocycles. The Kier molecular flexibility index (Phi) is 5.35. The van der Waals surface area contributed by atoms with Crippen molar-refractivity contribution in [3.05, 3.63) is 34.9 Å². The molecule has 0 saturated carbocycles. The maximum Gasteiger partial charge on any atom is 0.157 e. The van der Waals surface area contributed by atoms with Gasteiger partial charge in [0.15, 0.2) is 9.84 Å². The molecule has 2 N–H and O–H groups in total. The van der Waals surface area contributed by atoms with E-state index in [9.17, 15) is 8.42 Å². The van der Waals surface area contributed by atoms with Crippen molar-refractivity contribution in [1.82, 2.24) is 0 Å². The van der Waals surface area contributed by atoms with Gasteiger partial charge in [0.1, 0.15) is 0 Å². The third-order valence-electron chi connectivity index (χ3n) is 3.10. The Morgan fingerprint density at radius 3 is 2.17 bits per heavy atom. The first-order valence-corrected chi connectivity index (χ1v) is 8.09. The summed E-state index contributed by atoms with van der Waals surface area (Å²) in [6.07, 6.45) is 1.17. The van der Waals surface area contributed by atoms with E-state index in [-0.39, 0.29) is 11.0 Å². The third-order valence-corrected chi connectivity index (χ3v) is 5.42. The van der Waals surface area contributed by atoms with Crippen molar-refractivity contribution in [2.24, 2.45) is 5.73 Å². The molecule has 0 bridgehead atoms. The van der Waals surface area contributed by atoms with Crippen LogP contribution in [-0.2, 0) is 15.6 Å². The first-order chi connectivity index (χ1) is 8.39. The third kappa shape index (κ3) is 4.10. The average molecular weight is 269 g/mol. The summed E-state index contributed by atoms with van der Waals surface area (Å²) in [6.45, 7) is 6.30. The van der Waals surface area contributed by atoms with E-state index in [1.165, 1.54) is 0 Å². The predicted molar refractivity (Wildman–Crippen MR) is 76.3 cm³/mol. The standard InChI is InChI=1S/C14H23NO2S/c1-4-14(5-6-15)18(16,17)10-13-8-11(2)7-12(3)9-13/h7-9,14H,4-6,10,15H2,1-3H3. The number of sulfone groups is 1. The highest BCUT2D eigenvalue weighted by Gasteiger charge is 2.23. The molecule has 4 heteroatoms. The van der Waals surface area contributed by atoms with Crippen molar-refractivity contribution in [3.63, 3.8) is 0 Å². The Morgan fingerprint density at radius 2 is 1.72 bits per heavy atom. The summed E-state index contributed by atoms with van der Waals surface area (Å²) < 4.78 is 24.6. The lowest BCUT2D eigenvalue weighted by Gasteiger charge is -2.15. The van der Waals surface area contributed by atoms with Crippen LogP contribution < -0.4 is 5.73 Å². The van der Waals surface area contributed by atoms with Crippen LogP contribution in [0.25, 0.3) is 0 Å². The number of hydrogen-bond acceptors (Lipinski definition) is 3. The summed E-state index contributed by atoms with van der Waals surface area (Å²) >= 11 is 0. The molecular formula is C14H23NO2S. The lowest BCUT2D eigenvalue weighted by atomic mass is 10.1. The van der Waals surface area contributed by atoms with Crippen molar-refractivity contribution in [2.45, 2.75) is 44.6 Å². The molecule has 1 unspecified atom stereocenters. The highest BCUT2D eigenvalue weighted by molar-refractivity contribution is 7.91. The Morgan fingerprint density at radius 1 is 1.17 bits per heavy atom. The van der Waals surface area contributed by atoms with E-state index in [2.05, 4.69) is 0 Å². The van der Waals surface area contributed by atoms with Gasteiger partial charge in [-0.05, 0) is 38.8 Å². The zero-order chi connectivity index (χ0) is 13.8. The second-order valence-electron chi connectivity index (χ2n) is 4.91. The van der Waals surface area contributed by atoms with Gasteiger partial charge in [-0.15, -0.1) is 0 Å². The minimum atomic E-state index is -3.10. The molecule has 0 aliphatic carbocycles. The van der Waals surface area contributed by atoms with Crippen molar-refractivity contribution in [3.8, 4) is 0 Å². The fourth-order valence-electron chi connectivity index (χ4n) is 2.33. The molecule has 1 rings (SSSR count). The van der Waals surface area contributed by atoms with Gasteiger partial charge in [-0.3, -0.25) is 0 Å². The van der Waals surface area contributed by atoms with Crippen LogP contribution >= 0.6 is 0 Å². The molecule has 0 fully saturated rings. The van der Waals surface area contributed by atoms with Gasteiger partial charge in [-0.25, -0.2) is 8.42 Å². The fraction of sp³-hybridized carbons (Fsp3) is 0.571. The minimum Gasteiger partial charge on any atom is -0.330 e. The highest BCUT2D eigenvalue weighted by Crippen LogP contribution is 2.18. The van der Waals surface area contributed by atoms with Gasteiger partial charge >= 0.3 is 0 Å². The Balaban J connectivity index is 2.94. The van der Waals surface area contributed by atoms with E-state index in [0.717, 1.165) is 16.7 Å². The van der Waals surface area contributed by atoms with E-state index in [0.29, 0.717) is 19.4 Å². The highest BCUT2D eigenvalue weighted by atomic mass is 32.2. The maximum absolute atomic E-state index is 12.3. The van der Waals surface area contributed by atoms with E-state index in [1.807, 2.05) is 39.0 Å². The molecule has 0 amide bonds.